The minimum atomic E-state index is 0.0784. The van der Waals surface area contributed by atoms with Crippen LogP contribution in [0.4, 0.5) is 17.1 Å². The summed E-state index contributed by atoms with van der Waals surface area (Å²) in [5, 5.41) is 3.89. The predicted molar refractivity (Wildman–Crippen MR) is 89.1 cm³/mol. The number of nitrogens with two attached hydrogens (primary N) is 1. The molecule has 3 nitrogen and oxygen atoms in total. The van der Waals surface area contributed by atoms with E-state index in [1.807, 2.05) is 50.2 Å². The molecule has 0 aliphatic heterocycles. The van der Waals surface area contributed by atoms with Crippen LogP contribution in [0, 0.1) is 0 Å². The first-order chi connectivity index (χ1) is 9.47. The number of rotatable bonds is 4. The second-order valence-corrected chi connectivity index (χ2v) is 5.90. The van der Waals surface area contributed by atoms with Crippen molar-refractivity contribution in [3.05, 3.63) is 45.9 Å². The molecule has 5 heteroatoms. The number of para-hydroxylation sites is 1. The second kappa shape index (κ2) is 6.37. The van der Waals surface area contributed by atoms with Crippen molar-refractivity contribution in [1.29, 1.82) is 0 Å². The van der Waals surface area contributed by atoms with Crippen LogP contribution in [0.5, 0.6) is 5.75 Å². The van der Waals surface area contributed by atoms with Gasteiger partial charge in [-0.05, 0) is 60.1 Å². The molecule has 0 aliphatic carbocycles. The first-order valence-corrected chi connectivity index (χ1v) is 7.41. The summed E-state index contributed by atoms with van der Waals surface area (Å²) in [5.74, 6) is 0.674. The van der Waals surface area contributed by atoms with Crippen molar-refractivity contribution in [1.82, 2.24) is 0 Å². The van der Waals surface area contributed by atoms with E-state index in [1.54, 1.807) is 0 Å². The average Bonchev–Trinajstić information content (AvgIpc) is 2.38. The zero-order valence-electron chi connectivity index (χ0n) is 11.3. The number of anilines is 3. The Kier molecular flexibility index (Phi) is 4.78. The molecule has 0 atom stereocenters. The lowest BCUT2D eigenvalue weighted by atomic mass is 10.2. The van der Waals surface area contributed by atoms with Crippen LogP contribution in [-0.4, -0.2) is 6.10 Å². The van der Waals surface area contributed by atoms with Gasteiger partial charge in [-0.3, -0.25) is 0 Å². The molecular formula is C15H16BrClN2O. The van der Waals surface area contributed by atoms with Crippen molar-refractivity contribution < 1.29 is 4.74 Å². The molecule has 0 amide bonds. The largest absolute Gasteiger partial charge is 0.489 e. The smallest absolute Gasteiger partial charge is 0.144 e. The number of nitrogens with one attached hydrogen (secondary N) is 1. The number of hydrogen-bond acceptors (Lipinski definition) is 3. The van der Waals surface area contributed by atoms with Gasteiger partial charge in [0.1, 0.15) is 5.75 Å². The molecule has 0 unspecified atom stereocenters. The molecular weight excluding hydrogens is 340 g/mol. The highest BCUT2D eigenvalue weighted by atomic mass is 79.9. The molecule has 0 heterocycles. The first-order valence-electron chi connectivity index (χ1n) is 6.24. The fraction of sp³-hybridized carbons (Fsp3) is 0.200. The molecule has 0 spiro atoms. The Morgan fingerprint density at radius 3 is 2.65 bits per heavy atom. The van der Waals surface area contributed by atoms with Crippen molar-refractivity contribution in [2.45, 2.75) is 20.0 Å². The summed E-state index contributed by atoms with van der Waals surface area (Å²) in [7, 11) is 0. The minimum Gasteiger partial charge on any atom is -0.489 e. The topological polar surface area (TPSA) is 47.3 Å². The number of ether oxygens (including phenoxy) is 1. The van der Waals surface area contributed by atoms with Gasteiger partial charge in [0.2, 0.25) is 0 Å². The van der Waals surface area contributed by atoms with Crippen LogP contribution in [0.2, 0.25) is 5.02 Å². The Bertz CT molecular complexity index is 617. The summed E-state index contributed by atoms with van der Waals surface area (Å²) in [6.45, 7) is 3.93. The van der Waals surface area contributed by atoms with Crippen molar-refractivity contribution >= 4 is 44.6 Å². The lowest BCUT2D eigenvalue weighted by Crippen LogP contribution is -2.08. The van der Waals surface area contributed by atoms with Crippen molar-refractivity contribution in [2.24, 2.45) is 0 Å². The molecule has 0 fully saturated rings. The van der Waals surface area contributed by atoms with E-state index in [0.717, 1.165) is 15.8 Å². The predicted octanol–water partition coefficient (Wildman–Crippen LogP) is 5.22. The number of benzene rings is 2. The maximum Gasteiger partial charge on any atom is 0.144 e. The molecule has 0 bridgehead atoms. The van der Waals surface area contributed by atoms with E-state index >= 15 is 0 Å². The molecule has 0 saturated carbocycles. The van der Waals surface area contributed by atoms with Gasteiger partial charge in [-0.15, -0.1) is 0 Å². The summed E-state index contributed by atoms with van der Waals surface area (Å²) in [6, 6.07) is 11.3. The summed E-state index contributed by atoms with van der Waals surface area (Å²) < 4.78 is 6.52. The van der Waals surface area contributed by atoms with Crippen LogP contribution < -0.4 is 15.8 Å². The maximum atomic E-state index is 6.12. The van der Waals surface area contributed by atoms with Gasteiger partial charge in [0, 0.05) is 10.2 Å². The van der Waals surface area contributed by atoms with Crippen LogP contribution in [0.15, 0.2) is 40.9 Å². The van der Waals surface area contributed by atoms with Gasteiger partial charge in [0.25, 0.3) is 0 Å². The van der Waals surface area contributed by atoms with Crippen LogP contribution in [0.1, 0.15) is 13.8 Å². The molecule has 0 aromatic heterocycles. The summed E-state index contributed by atoms with van der Waals surface area (Å²) in [4.78, 5) is 0. The Hall–Kier alpha value is -1.39. The van der Waals surface area contributed by atoms with Crippen LogP contribution in [0.3, 0.4) is 0 Å². The molecule has 3 N–H and O–H groups in total. The second-order valence-electron chi connectivity index (χ2n) is 4.64. The van der Waals surface area contributed by atoms with E-state index in [0.29, 0.717) is 16.5 Å². The fourth-order valence-corrected chi connectivity index (χ4v) is 2.17. The van der Waals surface area contributed by atoms with Crippen LogP contribution in [0.25, 0.3) is 0 Å². The van der Waals surface area contributed by atoms with Crippen molar-refractivity contribution in [2.75, 3.05) is 11.1 Å². The zero-order valence-corrected chi connectivity index (χ0v) is 13.6. The van der Waals surface area contributed by atoms with E-state index in [1.165, 1.54) is 0 Å². The standard InChI is InChI=1S/C15H16BrClN2O/c1-9(2)20-14-5-3-4-13(15(14)18)19-10-6-7-11(16)12(17)8-10/h3-9,19H,18H2,1-2H3. The van der Waals surface area contributed by atoms with E-state index in [-0.39, 0.29) is 6.10 Å². The van der Waals surface area contributed by atoms with Crippen molar-refractivity contribution in [3.8, 4) is 5.75 Å². The van der Waals surface area contributed by atoms with Gasteiger partial charge in [0.15, 0.2) is 0 Å². The highest BCUT2D eigenvalue weighted by Crippen LogP contribution is 2.33. The summed E-state index contributed by atoms with van der Waals surface area (Å²) in [6.07, 6.45) is 0.0784. The molecule has 2 rings (SSSR count). The van der Waals surface area contributed by atoms with Crippen LogP contribution in [-0.2, 0) is 0 Å². The third-order valence-corrected chi connectivity index (χ3v) is 3.86. The van der Waals surface area contributed by atoms with Gasteiger partial charge in [0.05, 0.1) is 22.5 Å². The van der Waals surface area contributed by atoms with Gasteiger partial charge >= 0.3 is 0 Å². The summed E-state index contributed by atoms with van der Waals surface area (Å²) >= 11 is 9.44. The zero-order chi connectivity index (χ0) is 14.7. The van der Waals surface area contributed by atoms with Gasteiger partial charge in [-0.25, -0.2) is 0 Å². The number of hydrogen-bond donors (Lipinski definition) is 2. The van der Waals surface area contributed by atoms with E-state index in [4.69, 9.17) is 22.1 Å². The van der Waals surface area contributed by atoms with Gasteiger partial charge in [-0.1, -0.05) is 17.7 Å². The highest BCUT2D eigenvalue weighted by Gasteiger charge is 2.08. The normalized spacial score (nSPS) is 10.7. The SMILES string of the molecule is CC(C)Oc1cccc(Nc2ccc(Br)c(Cl)c2)c1N. The third-order valence-electron chi connectivity index (χ3n) is 2.63. The lowest BCUT2D eigenvalue weighted by molar-refractivity contribution is 0.244. The maximum absolute atomic E-state index is 6.12. The average molecular weight is 356 g/mol. The van der Waals surface area contributed by atoms with E-state index in [9.17, 15) is 0 Å². The van der Waals surface area contributed by atoms with E-state index < -0.39 is 0 Å². The molecule has 2 aromatic carbocycles. The highest BCUT2D eigenvalue weighted by molar-refractivity contribution is 9.10. The molecule has 2 aromatic rings. The minimum absolute atomic E-state index is 0.0784. The van der Waals surface area contributed by atoms with Gasteiger partial charge in [-0.2, -0.15) is 0 Å². The quantitative estimate of drug-likeness (QED) is 0.740. The van der Waals surface area contributed by atoms with Gasteiger partial charge < -0.3 is 15.8 Å². The van der Waals surface area contributed by atoms with E-state index in [2.05, 4.69) is 21.2 Å². The first kappa shape index (κ1) is 15.0. The Balaban J connectivity index is 2.27. The third kappa shape index (κ3) is 3.58. The van der Waals surface area contributed by atoms with Crippen molar-refractivity contribution in [3.63, 3.8) is 0 Å². The van der Waals surface area contributed by atoms with Crippen LogP contribution >= 0.6 is 27.5 Å². The molecule has 0 saturated heterocycles. The lowest BCUT2D eigenvalue weighted by Gasteiger charge is -2.16. The Morgan fingerprint density at radius 1 is 1.25 bits per heavy atom. The number of nitrogen functional groups attached to an aromatic ring is 1. The summed E-state index contributed by atoms with van der Waals surface area (Å²) in [5.41, 5.74) is 8.36. The monoisotopic (exact) mass is 354 g/mol. The molecule has 106 valence electrons. The molecule has 20 heavy (non-hydrogen) atoms. The molecule has 0 aliphatic rings. The number of halogens is 2. The molecule has 0 radical (unpaired) electrons. The Labute approximate surface area is 132 Å². The Morgan fingerprint density at radius 2 is 2.00 bits per heavy atom. The fourth-order valence-electron chi connectivity index (χ4n) is 1.74.